The number of rotatable bonds is 18. The van der Waals surface area contributed by atoms with Crippen LogP contribution in [0.3, 0.4) is 0 Å². The fourth-order valence-corrected chi connectivity index (χ4v) is 12.5. The van der Waals surface area contributed by atoms with E-state index in [0.717, 1.165) is 40.7 Å². The molecule has 0 saturated heterocycles. The highest BCUT2D eigenvalue weighted by atomic mass is 79.9. The van der Waals surface area contributed by atoms with Crippen LogP contribution in [0.5, 0.6) is 0 Å². The number of nitrogens with one attached hydrogen (secondary N) is 4. The number of aliphatic imine (C=N–C) groups is 2. The highest BCUT2D eigenvalue weighted by Crippen LogP contribution is 2.34. The molecule has 1 unspecified atom stereocenters. The van der Waals surface area contributed by atoms with E-state index in [4.69, 9.17) is 126 Å². The Bertz CT molecular complexity index is 5310. The number of carbonyl (C=O) groups excluding carboxylic acids is 4. The standard InChI is InChI=1S/C21H16Cl3N5O.C21H15Cl2N3O.C20H11BrCl2FN3O.C20H12Cl2FN3O/c22-15-5-1-13(2-6-15)19(20-18(24)9-16(23)10-27-20)29-21(30)14-3-7-17(8-4-14)28-12-26-11-25;1-13-10-15(2-3-16(13)11-24)21(27)26-20(14-4-6-17(22)7-5-14)19-9-8-18(23)12-25-19;21-16-8-13(22)3-5-15(16)19(18-6-4-14(23)10-26-18)27-20(28)11-1-2-12(9-25)17(24)7-11;21-15-5-3-12(4-6-15)19(18-8-7-16(22)11-25-18)26-20(27)13-1-2-14(10-24)17(23)9-13/h1-12,19H,(H,29,30)(H2,25,26,28);2-10,12,20H,1H3,(H,26,27);1-8,10,19H,(H,27,28);1-9,11,19H,(H,26,27)/t19-;20-;;19-/m01.1/s1. The van der Waals surface area contributed by atoms with Crippen LogP contribution < -0.4 is 27.0 Å². The number of aryl methyl sites for hydroxylation is 1. The van der Waals surface area contributed by atoms with Gasteiger partial charge in [0.25, 0.3) is 23.6 Å². The SMILES string of the molecule is Cc1cc(C(=O)N[C@H](c2ccc(Cl)cc2)c2ccc(Cl)cn2)ccc1C#N.N#Cc1ccc(C(=O)NC(c2ccc(Cl)cn2)c2ccc(Cl)cc2Br)cc1F.N#Cc1ccc(C(=O)N[C@H](c2ccc(Cl)cc2)c2ccc(Cl)cn2)cc1F.NC=NC=Nc1ccc(C(=O)N[C@@H](c2ccc(Cl)cc2)c2ncc(Cl)cc2Cl)cc1. The first-order chi connectivity index (χ1) is 53.8. The molecule has 0 aliphatic carbocycles. The molecule has 0 bridgehead atoms. The van der Waals surface area contributed by atoms with Crippen molar-refractivity contribution in [2.75, 3.05) is 0 Å². The summed E-state index contributed by atoms with van der Waals surface area (Å²) >= 11 is 57.5. The Morgan fingerprint density at radius 1 is 0.420 bits per heavy atom. The molecule has 0 saturated carbocycles. The summed E-state index contributed by atoms with van der Waals surface area (Å²) in [5.41, 5.74) is 13.2. The van der Waals surface area contributed by atoms with Gasteiger partial charge in [-0.3, -0.25) is 39.1 Å². The molecule has 6 N–H and O–H groups in total. The molecule has 18 nitrogen and oxygen atoms in total. The second-order valence-corrected chi connectivity index (χ2v) is 28.3. The number of nitriles is 3. The lowest BCUT2D eigenvalue weighted by Gasteiger charge is -2.20. The molecule has 4 heterocycles. The monoisotopic (exact) mass is 1730 g/mol. The van der Waals surface area contributed by atoms with Crippen molar-refractivity contribution in [3.05, 3.63) is 388 Å². The summed E-state index contributed by atoms with van der Waals surface area (Å²) in [7, 11) is 0. The number of aromatic nitrogens is 4. The predicted molar refractivity (Wildman–Crippen MR) is 438 cm³/mol. The Morgan fingerprint density at radius 3 is 1.18 bits per heavy atom. The van der Waals surface area contributed by atoms with Crippen LogP contribution in [0.4, 0.5) is 14.5 Å². The minimum Gasteiger partial charge on any atom is -0.390 e. The lowest BCUT2D eigenvalue weighted by molar-refractivity contribution is 0.0933. The smallest absolute Gasteiger partial charge is 0.252 e. The normalized spacial score (nSPS) is 11.7. The maximum atomic E-state index is 13.9. The first-order valence-corrected chi connectivity index (χ1v) is 36.9. The highest BCUT2D eigenvalue weighted by Gasteiger charge is 2.26. The molecule has 4 aromatic heterocycles. The average molecular weight is 1740 g/mol. The van der Waals surface area contributed by atoms with Crippen LogP contribution in [0.1, 0.15) is 133 Å². The topological polar surface area (TPSA) is 290 Å². The number of hydrogen-bond acceptors (Lipinski definition) is 12. The van der Waals surface area contributed by atoms with Crippen LogP contribution in [0.2, 0.25) is 45.2 Å². The van der Waals surface area contributed by atoms with Crippen molar-refractivity contribution in [3.8, 4) is 18.2 Å². The summed E-state index contributed by atoms with van der Waals surface area (Å²) in [6.07, 6.45) is 8.43. The van der Waals surface area contributed by atoms with Crippen LogP contribution >= 0.6 is 120 Å². The number of amides is 4. The molecule has 12 aromatic rings. The number of nitrogens with two attached hydrogens (primary N) is 1. The first kappa shape index (κ1) is 84.8. The molecule has 560 valence electrons. The predicted octanol–water partition coefficient (Wildman–Crippen LogP) is 20.9. The van der Waals surface area contributed by atoms with Crippen molar-refractivity contribution in [1.82, 2.24) is 41.2 Å². The molecule has 0 aliphatic heterocycles. The Balaban J connectivity index is 0.000000172. The van der Waals surface area contributed by atoms with E-state index in [-0.39, 0.29) is 34.1 Å². The third-order valence-corrected chi connectivity index (χ3v) is 18.9. The highest BCUT2D eigenvalue weighted by molar-refractivity contribution is 9.10. The van der Waals surface area contributed by atoms with Crippen LogP contribution in [0.15, 0.2) is 252 Å². The van der Waals surface area contributed by atoms with Gasteiger partial charge in [-0.25, -0.2) is 18.8 Å². The third-order valence-electron chi connectivity index (χ3n) is 16.0. The second kappa shape index (κ2) is 41.2. The molecule has 4 atom stereocenters. The number of benzene rings is 8. The zero-order valence-corrected chi connectivity index (χ0v) is 66.1. The van der Waals surface area contributed by atoms with Gasteiger partial charge in [0.05, 0.1) is 107 Å². The number of halogens is 12. The molecule has 30 heteroatoms. The summed E-state index contributed by atoms with van der Waals surface area (Å²) in [4.78, 5) is 76.1. The zero-order valence-electron chi connectivity index (χ0n) is 57.8. The summed E-state index contributed by atoms with van der Waals surface area (Å²) in [6.45, 7) is 1.80. The third kappa shape index (κ3) is 23.9. The number of hydrogen-bond donors (Lipinski definition) is 5. The van der Waals surface area contributed by atoms with Gasteiger partial charge in [-0.15, -0.1) is 0 Å². The van der Waals surface area contributed by atoms with E-state index < -0.39 is 47.6 Å². The van der Waals surface area contributed by atoms with Gasteiger partial charge >= 0.3 is 0 Å². The van der Waals surface area contributed by atoms with E-state index in [0.29, 0.717) is 100 Å². The molecule has 8 aromatic carbocycles. The molecular formula is C82H54BrCl9F2N14O4. The van der Waals surface area contributed by atoms with E-state index >= 15 is 0 Å². The maximum Gasteiger partial charge on any atom is 0.252 e. The number of carbonyl (C=O) groups is 4. The van der Waals surface area contributed by atoms with Crippen LogP contribution in [-0.2, 0) is 0 Å². The van der Waals surface area contributed by atoms with Crippen LogP contribution in [-0.4, -0.2) is 56.2 Å². The minimum absolute atomic E-state index is 0.0838. The zero-order chi connectivity index (χ0) is 80.5. The summed E-state index contributed by atoms with van der Waals surface area (Å²) in [5.74, 6) is -3.11. The van der Waals surface area contributed by atoms with Crippen molar-refractivity contribution in [2.24, 2.45) is 15.7 Å². The van der Waals surface area contributed by atoms with E-state index in [2.05, 4.69) is 73.2 Å². The summed E-state index contributed by atoms with van der Waals surface area (Å²) in [6, 6.07) is 60.4. The fraction of sp³-hybridized carbons (Fsp3) is 0.0610. The van der Waals surface area contributed by atoms with Gasteiger partial charge in [0.2, 0.25) is 0 Å². The molecule has 0 fully saturated rings. The van der Waals surface area contributed by atoms with Crippen molar-refractivity contribution in [3.63, 3.8) is 0 Å². The first-order valence-electron chi connectivity index (χ1n) is 32.7. The Morgan fingerprint density at radius 2 is 0.786 bits per heavy atom. The van der Waals surface area contributed by atoms with Crippen molar-refractivity contribution in [1.29, 1.82) is 15.8 Å². The van der Waals surface area contributed by atoms with Gasteiger partial charge in [0.1, 0.15) is 30.1 Å². The summed E-state index contributed by atoms with van der Waals surface area (Å²) in [5, 5.41) is 42.8. The lowest BCUT2D eigenvalue weighted by Crippen LogP contribution is -2.30. The molecular weight excluding hydrogens is 1680 g/mol. The van der Waals surface area contributed by atoms with Crippen LogP contribution in [0, 0.1) is 52.6 Å². The van der Waals surface area contributed by atoms with E-state index in [1.54, 1.807) is 183 Å². The molecule has 0 spiro atoms. The number of pyridine rings is 4. The van der Waals surface area contributed by atoms with E-state index in [1.165, 1.54) is 55.4 Å². The molecule has 0 aliphatic rings. The van der Waals surface area contributed by atoms with Gasteiger partial charge in [-0.1, -0.05) is 163 Å². The van der Waals surface area contributed by atoms with Gasteiger partial charge < -0.3 is 27.0 Å². The van der Waals surface area contributed by atoms with Gasteiger partial charge in [0, 0.05) is 71.6 Å². The van der Waals surface area contributed by atoms with Crippen molar-refractivity contribution >= 4 is 162 Å². The van der Waals surface area contributed by atoms with Gasteiger partial charge in [-0.05, 0) is 205 Å². The largest absolute Gasteiger partial charge is 0.390 e. The summed E-state index contributed by atoms with van der Waals surface area (Å²) < 4.78 is 28.4. The van der Waals surface area contributed by atoms with Gasteiger partial charge in [0.15, 0.2) is 0 Å². The quantitative estimate of drug-likeness (QED) is 0.0396. The Labute approximate surface area is 694 Å². The lowest BCUT2D eigenvalue weighted by atomic mass is 10.0. The fourth-order valence-electron chi connectivity index (χ4n) is 10.4. The molecule has 12 rings (SSSR count). The second-order valence-electron chi connectivity index (χ2n) is 23.5. The number of nitrogens with zero attached hydrogens (tertiary/aromatic N) is 9. The van der Waals surface area contributed by atoms with E-state index in [1.807, 2.05) is 12.1 Å². The molecule has 4 amide bonds. The van der Waals surface area contributed by atoms with Crippen molar-refractivity contribution < 1.29 is 28.0 Å². The minimum atomic E-state index is -0.760. The van der Waals surface area contributed by atoms with Crippen molar-refractivity contribution in [2.45, 2.75) is 31.1 Å². The molecule has 0 radical (unpaired) electrons. The van der Waals surface area contributed by atoms with Gasteiger partial charge in [-0.2, -0.15) is 15.8 Å². The Hall–Kier alpha value is -11.2. The molecule has 112 heavy (non-hydrogen) atoms. The average Bonchev–Trinajstić information content (AvgIpc) is 0.808. The van der Waals surface area contributed by atoms with Crippen LogP contribution in [0.25, 0.3) is 0 Å². The maximum absolute atomic E-state index is 13.9. The Kier molecular flexibility index (Phi) is 31.2. The van der Waals surface area contributed by atoms with E-state index in [9.17, 15) is 28.0 Å².